The predicted octanol–water partition coefficient (Wildman–Crippen LogP) is 3.95. The van der Waals surface area contributed by atoms with E-state index >= 15 is 0 Å². The number of nitrogens with zero attached hydrogens (tertiary/aromatic N) is 4. The van der Waals surface area contributed by atoms with E-state index < -0.39 is 11.7 Å². The van der Waals surface area contributed by atoms with Crippen LogP contribution in [0.15, 0.2) is 36.5 Å². The van der Waals surface area contributed by atoms with Gasteiger partial charge in [-0.3, -0.25) is 4.98 Å². The van der Waals surface area contributed by atoms with E-state index in [0.717, 1.165) is 38.5 Å². The van der Waals surface area contributed by atoms with Gasteiger partial charge in [0.05, 0.1) is 11.1 Å². The highest BCUT2D eigenvalue weighted by Gasteiger charge is 2.33. The molecule has 1 aliphatic heterocycles. The maximum Gasteiger partial charge on any atom is 0.418 e. The molecule has 0 spiro atoms. The second kappa shape index (κ2) is 8.54. The summed E-state index contributed by atoms with van der Waals surface area (Å²) in [5, 5.41) is 6.42. The number of alkyl halides is 3. The molecule has 2 aromatic heterocycles. The smallest absolute Gasteiger partial charge is 0.398 e. The van der Waals surface area contributed by atoms with Gasteiger partial charge in [-0.2, -0.15) is 18.2 Å². The van der Waals surface area contributed by atoms with E-state index in [1.165, 1.54) is 12.1 Å². The van der Waals surface area contributed by atoms with Crippen LogP contribution in [-0.4, -0.2) is 40.6 Å². The lowest BCUT2D eigenvalue weighted by Gasteiger charge is -2.20. The molecule has 0 saturated carbocycles. The van der Waals surface area contributed by atoms with Gasteiger partial charge in [0.1, 0.15) is 5.52 Å². The summed E-state index contributed by atoms with van der Waals surface area (Å²) >= 11 is 0. The molecule has 1 saturated heterocycles. The number of halogens is 3. The molecular weight excluding hydrogens is 407 g/mol. The number of nitrogens with one attached hydrogen (secondary N) is 2. The monoisotopic (exact) mass is 431 g/mol. The zero-order chi connectivity index (χ0) is 22.0. The number of hydrogen-bond acceptors (Lipinski definition) is 7. The molecule has 0 bridgehead atoms. The Morgan fingerprint density at radius 1 is 1.23 bits per heavy atom. The maximum atomic E-state index is 13.2. The minimum atomic E-state index is -4.54. The van der Waals surface area contributed by atoms with E-state index in [4.69, 9.17) is 5.73 Å². The number of rotatable bonds is 6. The first-order valence-corrected chi connectivity index (χ1v) is 10.2. The average Bonchev–Trinajstić information content (AvgIpc) is 3.21. The van der Waals surface area contributed by atoms with Crippen molar-refractivity contribution in [1.82, 2.24) is 20.3 Å². The van der Waals surface area contributed by atoms with Gasteiger partial charge in [-0.1, -0.05) is 6.92 Å². The lowest BCUT2D eigenvalue weighted by atomic mass is 10.1. The zero-order valence-corrected chi connectivity index (χ0v) is 17.1. The molecule has 10 heteroatoms. The van der Waals surface area contributed by atoms with Gasteiger partial charge in [0.15, 0.2) is 5.82 Å². The predicted molar refractivity (Wildman–Crippen MR) is 115 cm³/mol. The Hall–Kier alpha value is -3.14. The van der Waals surface area contributed by atoms with E-state index in [9.17, 15) is 13.2 Å². The Morgan fingerprint density at radius 2 is 2.06 bits per heavy atom. The van der Waals surface area contributed by atoms with Gasteiger partial charge in [-0.25, -0.2) is 4.98 Å². The van der Waals surface area contributed by atoms with Crippen molar-refractivity contribution < 1.29 is 13.2 Å². The highest BCUT2D eigenvalue weighted by Crippen LogP contribution is 2.36. The van der Waals surface area contributed by atoms with Gasteiger partial charge in [0.25, 0.3) is 0 Å². The Bertz CT molecular complexity index is 1070. The third-order valence-electron chi connectivity index (χ3n) is 5.22. The fourth-order valence-corrected chi connectivity index (χ4v) is 3.70. The van der Waals surface area contributed by atoms with Crippen LogP contribution in [0.2, 0.25) is 0 Å². The van der Waals surface area contributed by atoms with E-state index in [1.54, 1.807) is 12.3 Å². The summed E-state index contributed by atoms with van der Waals surface area (Å²) in [6.07, 6.45) is -0.823. The molecule has 0 unspecified atom stereocenters. The molecular formula is C21H24F3N7. The molecule has 0 amide bonds. The molecule has 4 rings (SSSR count). The third-order valence-corrected chi connectivity index (χ3v) is 5.22. The van der Waals surface area contributed by atoms with Crippen LogP contribution >= 0.6 is 0 Å². The topological polar surface area (TPSA) is 92.0 Å². The van der Waals surface area contributed by atoms with Crippen molar-refractivity contribution in [3.63, 3.8) is 0 Å². The highest BCUT2D eigenvalue weighted by atomic mass is 19.4. The molecule has 0 aliphatic carbocycles. The molecule has 7 nitrogen and oxygen atoms in total. The Morgan fingerprint density at radius 3 is 2.84 bits per heavy atom. The van der Waals surface area contributed by atoms with Crippen LogP contribution in [0, 0.1) is 0 Å². The lowest BCUT2D eigenvalue weighted by Crippen LogP contribution is -2.33. The van der Waals surface area contributed by atoms with Crippen molar-refractivity contribution >= 4 is 34.2 Å². The summed E-state index contributed by atoms with van der Waals surface area (Å²) in [5.41, 5.74) is 5.76. The third kappa shape index (κ3) is 4.63. The van der Waals surface area contributed by atoms with Crippen molar-refractivity contribution in [1.29, 1.82) is 0 Å². The fourth-order valence-electron chi connectivity index (χ4n) is 3.70. The average molecular weight is 431 g/mol. The minimum Gasteiger partial charge on any atom is -0.398 e. The molecule has 164 valence electrons. The number of anilines is 4. The molecule has 4 N–H and O–H groups in total. The van der Waals surface area contributed by atoms with Crippen LogP contribution in [0.5, 0.6) is 0 Å². The largest absolute Gasteiger partial charge is 0.418 e. The molecule has 1 aromatic carbocycles. The number of hydrogen-bond donors (Lipinski definition) is 3. The van der Waals surface area contributed by atoms with Crippen molar-refractivity contribution in [3.8, 4) is 0 Å². The van der Waals surface area contributed by atoms with E-state index in [0.29, 0.717) is 22.9 Å². The second-order valence-electron chi connectivity index (χ2n) is 7.55. The van der Waals surface area contributed by atoms with Crippen molar-refractivity contribution in [2.75, 3.05) is 35.6 Å². The summed E-state index contributed by atoms with van der Waals surface area (Å²) in [7, 11) is 0. The van der Waals surface area contributed by atoms with Gasteiger partial charge in [0.2, 0.25) is 5.95 Å². The molecule has 3 heterocycles. The van der Waals surface area contributed by atoms with Crippen LogP contribution in [-0.2, 0) is 6.18 Å². The van der Waals surface area contributed by atoms with Gasteiger partial charge in [-0.05, 0) is 49.7 Å². The number of nitrogen functional groups attached to an aromatic ring is 1. The number of benzene rings is 1. The van der Waals surface area contributed by atoms with Gasteiger partial charge in [-0.15, -0.1) is 0 Å². The summed E-state index contributed by atoms with van der Waals surface area (Å²) < 4.78 is 39.6. The maximum absolute atomic E-state index is 13.2. The molecule has 1 aliphatic rings. The summed E-state index contributed by atoms with van der Waals surface area (Å²) in [5.74, 6) is 0.874. The minimum absolute atomic E-state index is 0.207. The number of pyridine rings is 1. The van der Waals surface area contributed by atoms with E-state index in [1.807, 2.05) is 6.07 Å². The standard InChI is InChI=1S/C21H24F3N7/c1-2-8-26-14-7-10-31(12-14)19-18-17(4-3-9-27-18)29-20(30-19)28-13-5-6-16(25)15(11-13)21(22,23)24/h3-6,9,11,14,26H,2,7-8,10,12,25H2,1H3,(H,28,29,30)/t14-/m0/s1. The van der Waals surface area contributed by atoms with Crippen LogP contribution in [0.3, 0.4) is 0 Å². The molecule has 31 heavy (non-hydrogen) atoms. The zero-order valence-electron chi connectivity index (χ0n) is 17.1. The van der Waals surface area contributed by atoms with Crippen LogP contribution in [0.25, 0.3) is 11.0 Å². The Balaban J connectivity index is 1.66. The SMILES string of the molecule is CCCN[C@H]1CCN(c2nc(Nc3ccc(N)c(C(F)(F)F)c3)nc3cccnc23)C1. The van der Waals surface area contributed by atoms with E-state index in [-0.39, 0.29) is 17.3 Å². The van der Waals surface area contributed by atoms with Crippen molar-refractivity contribution in [2.24, 2.45) is 0 Å². The van der Waals surface area contributed by atoms with Gasteiger partial charge < -0.3 is 21.3 Å². The molecule has 3 aromatic rings. The van der Waals surface area contributed by atoms with E-state index in [2.05, 4.69) is 37.4 Å². The second-order valence-corrected chi connectivity index (χ2v) is 7.55. The summed E-state index contributed by atoms with van der Waals surface area (Å²) in [4.78, 5) is 15.6. The van der Waals surface area contributed by atoms with Crippen LogP contribution < -0.4 is 21.3 Å². The Kier molecular flexibility index (Phi) is 5.81. The lowest BCUT2D eigenvalue weighted by molar-refractivity contribution is -0.136. The first kappa shape index (κ1) is 21.1. The van der Waals surface area contributed by atoms with Gasteiger partial charge >= 0.3 is 6.18 Å². The normalized spacial score (nSPS) is 16.8. The fraction of sp³-hybridized carbons (Fsp3) is 0.381. The molecule has 1 atom stereocenters. The number of aromatic nitrogens is 3. The highest BCUT2D eigenvalue weighted by molar-refractivity contribution is 5.87. The van der Waals surface area contributed by atoms with Crippen molar-refractivity contribution in [2.45, 2.75) is 32.0 Å². The van der Waals surface area contributed by atoms with Crippen LogP contribution in [0.4, 0.5) is 36.3 Å². The number of nitrogens with two attached hydrogens (primary N) is 1. The van der Waals surface area contributed by atoms with Gasteiger partial charge in [0, 0.05) is 36.7 Å². The summed E-state index contributed by atoms with van der Waals surface area (Å²) in [6.45, 7) is 4.67. The first-order valence-electron chi connectivity index (χ1n) is 10.2. The quantitative estimate of drug-likeness (QED) is 0.509. The molecule has 0 radical (unpaired) electrons. The summed E-state index contributed by atoms with van der Waals surface area (Å²) in [6, 6.07) is 7.60. The number of fused-ring (bicyclic) bond motifs is 1. The van der Waals surface area contributed by atoms with Crippen LogP contribution in [0.1, 0.15) is 25.3 Å². The first-order chi connectivity index (χ1) is 14.8. The molecule has 1 fully saturated rings. The van der Waals surface area contributed by atoms with Crippen molar-refractivity contribution in [3.05, 3.63) is 42.1 Å². The Labute approximate surface area is 177 Å².